The van der Waals surface area contributed by atoms with Gasteiger partial charge in [0.1, 0.15) is 11.5 Å². The molecular formula is C26H24ClF4N7O. The van der Waals surface area contributed by atoms with Crippen molar-refractivity contribution in [2.75, 3.05) is 36.8 Å². The fourth-order valence-corrected chi connectivity index (χ4v) is 5.00. The third kappa shape index (κ3) is 4.37. The van der Waals surface area contributed by atoms with Gasteiger partial charge in [0.15, 0.2) is 28.9 Å². The van der Waals surface area contributed by atoms with Gasteiger partial charge >= 0.3 is 5.69 Å². The molecule has 4 heterocycles. The van der Waals surface area contributed by atoms with Crippen molar-refractivity contribution >= 4 is 34.1 Å². The molecule has 1 aliphatic heterocycles. The first-order valence-corrected chi connectivity index (χ1v) is 12.6. The summed E-state index contributed by atoms with van der Waals surface area (Å²) in [6.45, 7) is 7.72. The highest BCUT2D eigenvalue weighted by Gasteiger charge is 2.29. The summed E-state index contributed by atoms with van der Waals surface area (Å²) in [7, 11) is 0. The lowest BCUT2D eigenvalue weighted by molar-refractivity contribution is 0.451. The Hall–Kier alpha value is -3.77. The zero-order chi connectivity index (χ0) is 28.2. The molecule has 0 spiro atoms. The summed E-state index contributed by atoms with van der Waals surface area (Å²) < 4.78 is 60.3. The van der Waals surface area contributed by atoms with Crippen LogP contribution in [0.5, 0.6) is 0 Å². The van der Waals surface area contributed by atoms with Crippen molar-refractivity contribution in [2.45, 2.75) is 26.7 Å². The monoisotopic (exact) mass is 561 g/mol. The van der Waals surface area contributed by atoms with E-state index >= 15 is 8.78 Å². The zero-order valence-corrected chi connectivity index (χ0v) is 22.0. The number of halogens is 5. The van der Waals surface area contributed by atoms with Gasteiger partial charge in [-0.05, 0) is 30.5 Å². The quantitative estimate of drug-likeness (QED) is 0.164. The van der Waals surface area contributed by atoms with E-state index in [9.17, 15) is 13.6 Å². The van der Waals surface area contributed by atoms with Gasteiger partial charge in [0, 0.05) is 32.4 Å². The van der Waals surface area contributed by atoms with E-state index in [0.29, 0.717) is 43.1 Å². The van der Waals surface area contributed by atoms with Crippen LogP contribution in [0.2, 0.25) is 5.02 Å². The van der Waals surface area contributed by atoms with E-state index in [1.54, 1.807) is 19.2 Å². The standard InChI is InChI=1S/C26H24ClF4N7O/c1-11(2)21-23(12(3)4-5-34-21)38-25-13(24(36-26(38)39)37-8-6-33-7-9-37)10-14(28)22(35-25)15-16(27)20(32)19(31)18(30)17(15)29/h4-5,10-11,33H,6-9,32H2,1-3H3. The van der Waals surface area contributed by atoms with Crippen LogP contribution in [0.1, 0.15) is 31.0 Å². The van der Waals surface area contributed by atoms with Crippen LogP contribution in [0, 0.1) is 30.2 Å². The number of rotatable bonds is 4. The summed E-state index contributed by atoms with van der Waals surface area (Å²) >= 11 is 6.08. The number of pyridine rings is 2. The summed E-state index contributed by atoms with van der Waals surface area (Å²) in [4.78, 5) is 28.5. The van der Waals surface area contributed by atoms with Crippen molar-refractivity contribution in [2.24, 2.45) is 0 Å². The van der Waals surface area contributed by atoms with Gasteiger partial charge in [0.25, 0.3) is 0 Å². The number of hydrogen-bond acceptors (Lipinski definition) is 7. The lowest BCUT2D eigenvalue weighted by Gasteiger charge is -2.29. The first-order valence-electron chi connectivity index (χ1n) is 12.2. The molecule has 3 aromatic heterocycles. The van der Waals surface area contributed by atoms with Gasteiger partial charge in [-0.1, -0.05) is 25.4 Å². The Morgan fingerprint density at radius 2 is 1.77 bits per heavy atom. The normalized spacial score (nSPS) is 14.0. The molecule has 1 aliphatic rings. The molecule has 1 fully saturated rings. The largest absolute Gasteiger partial charge is 0.395 e. The molecule has 8 nitrogen and oxygen atoms in total. The predicted molar refractivity (Wildman–Crippen MR) is 142 cm³/mol. The number of anilines is 2. The van der Waals surface area contributed by atoms with Gasteiger partial charge in [-0.2, -0.15) is 4.98 Å². The molecule has 4 aromatic rings. The molecule has 0 saturated carbocycles. The molecule has 13 heteroatoms. The fraction of sp³-hybridized carbons (Fsp3) is 0.308. The van der Waals surface area contributed by atoms with E-state index in [0.717, 1.165) is 6.07 Å². The Balaban J connectivity index is 1.94. The molecular weight excluding hydrogens is 538 g/mol. The zero-order valence-electron chi connectivity index (χ0n) is 21.2. The maximum Gasteiger partial charge on any atom is 0.355 e. The van der Waals surface area contributed by atoms with E-state index in [-0.39, 0.29) is 22.8 Å². The SMILES string of the molecule is Cc1ccnc(C(C)C)c1-n1c(=O)nc(N2CCNCC2)c2cc(F)c(-c3c(F)c(F)c(F)c(N)c3Cl)nc21. The number of aromatic nitrogens is 4. The molecule has 0 unspecified atom stereocenters. The number of fused-ring (bicyclic) bond motifs is 1. The Bertz CT molecular complexity index is 1660. The molecule has 0 radical (unpaired) electrons. The van der Waals surface area contributed by atoms with Gasteiger partial charge in [-0.15, -0.1) is 0 Å². The number of piperazine rings is 1. The van der Waals surface area contributed by atoms with Crippen molar-refractivity contribution in [3.8, 4) is 16.9 Å². The molecule has 0 atom stereocenters. The second-order valence-corrected chi connectivity index (χ2v) is 9.92. The first-order chi connectivity index (χ1) is 18.5. The maximum absolute atomic E-state index is 15.7. The molecule has 3 N–H and O–H groups in total. The van der Waals surface area contributed by atoms with E-state index in [1.165, 1.54) is 4.57 Å². The van der Waals surface area contributed by atoms with Crippen LogP contribution < -0.4 is 21.6 Å². The summed E-state index contributed by atoms with van der Waals surface area (Å²) in [5, 5.41) is 2.60. The topological polar surface area (TPSA) is 102 Å². The Kier molecular flexibility index (Phi) is 6.93. The lowest BCUT2D eigenvalue weighted by Crippen LogP contribution is -2.45. The first kappa shape index (κ1) is 26.8. The molecule has 0 amide bonds. The van der Waals surface area contributed by atoms with Crippen molar-refractivity contribution in [3.63, 3.8) is 0 Å². The van der Waals surface area contributed by atoms with Crippen LogP contribution in [0.3, 0.4) is 0 Å². The van der Waals surface area contributed by atoms with E-state index in [2.05, 4.69) is 20.3 Å². The van der Waals surface area contributed by atoms with Gasteiger partial charge in [-0.3, -0.25) is 4.98 Å². The molecule has 5 rings (SSSR count). The van der Waals surface area contributed by atoms with Gasteiger partial charge in [-0.25, -0.2) is 31.9 Å². The van der Waals surface area contributed by atoms with E-state index in [1.807, 2.05) is 18.7 Å². The average Bonchev–Trinajstić information content (AvgIpc) is 2.92. The van der Waals surface area contributed by atoms with Crippen molar-refractivity contribution in [1.82, 2.24) is 24.8 Å². The fourth-order valence-electron chi connectivity index (χ4n) is 4.74. The minimum Gasteiger partial charge on any atom is -0.395 e. The number of nitrogens with two attached hydrogens (primary N) is 1. The third-order valence-corrected chi connectivity index (χ3v) is 7.07. The predicted octanol–water partition coefficient (Wildman–Crippen LogP) is 4.48. The van der Waals surface area contributed by atoms with Crippen molar-refractivity contribution in [3.05, 3.63) is 68.4 Å². The number of nitrogens with one attached hydrogen (secondary N) is 1. The number of aryl methyl sites for hydroxylation is 1. The summed E-state index contributed by atoms with van der Waals surface area (Å²) in [6.07, 6.45) is 1.60. The number of nitrogens with zero attached hydrogens (tertiary/aromatic N) is 5. The van der Waals surface area contributed by atoms with E-state index < -0.39 is 50.9 Å². The van der Waals surface area contributed by atoms with E-state index in [4.69, 9.17) is 17.3 Å². The number of nitrogen functional groups attached to an aromatic ring is 1. The smallest absolute Gasteiger partial charge is 0.355 e. The van der Waals surface area contributed by atoms with Crippen LogP contribution in [0.4, 0.5) is 29.1 Å². The van der Waals surface area contributed by atoms with Crippen LogP contribution in [0.15, 0.2) is 23.1 Å². The molecule has 204 valence electrons. The number of benzene rings is 1. The van der Waals surface area contributed by atoms with Crippen LogP contribution in [-0.2, 0) is 0 Å². The highest BCUT2D eigenvalue weighted by Crippen LogP contribution is 2.40. The van der Waals surface area contributed by atoms with Crippen molar-refractivity contribution in [1.29, 1.82) is 0 Å². The Labute approximate surface area is 225 Å². The molecule has 39 heavy (non-hydrogen) atoms. The number of hydrogen-bond donors (Lipinski definition) is 2. The lowest BCUT2D eigenvalue weighted by atomic mass is 10.0. The van der Waals surface area contributed by atoms with Crippen LogP contribution in [-0.4, -0.2) is 45.7 Å². The highest BCUT2D eigenvalue weighted by molar-refractivity contribution is 6.35. The minimum atomic E-state index is -1.92. The minimum absolute atomic E-state index is 0.0864. The second kappa shape index (κ2) is 10.1. The van der Waals surface area contributed by atoms with Crippen molar-refractivity contribution < 1.29 is 17.6 Å². The molecule has 0 aliphatic carbocycles. The third-order valence-electron chi connectivity index (χ3n) is 6.68. The Morgan fingerprint density at radius 1 is 1.08 bits per heavy atom. The molecule has 1 aromatic carbocycles. The molecule has 0 bridgehead atoms. The summed E-state index contributed by atoms with van der Waals surface area (Å²) in [5.41, 5.74) is 3.81. The van der Waals surface area contributed by atoms with Gasteiger partial charge < -0.3 is 16.0 Å². The highest BCUT2D eigenvalue weighted by atomic mass is 35.5. The van der Waals surface area contributed by atoms with Crippen LogP contribution in [0.25, 0.3) is 28.0 Å². The Morgan fingerprint density at radius 3 is 2.44 bits per heavy atom. The summed E-state index contributed by atoms with van der Waals surface area (Å²) in [5.74, 6) is -6.42. The summed E-state index contributed by atoms with van der Waals surface area (Å²) in [6, 6.07) is 2.73. The van der Waals surface area contributed by atoms with Gasteiger partial charge in [0.05, 0.1) is 33.0 Å². The molecule has 1 saturated heterocycles. The maximum atomic E-state index is 15.7. The van der Waals surface area contributed by atoms with Crippen LogP contribution >= 0.6 is 11.6 Å². The van der Waals surface area contributed by atoms with Gasteiger partial charge in [0.2, 0.25) is 0 Å². The average molecular weight is 562 g/mol. The second-order valence-electron chi connectivity index (χ2n) is 9.54.